The van der Waals surface area contributed by atoms with Crippen LogP contribution in [-0.2, 0) is 4.79 Å². The van der Waals surface area contributed by atoms with Gasteiger partial charge in [-0.3, -0.25) is 4.79 Å². The molecule has 19 heavy (non-hydrogen) atoms. The normalized spacial score (nSPS) is 12.4. The SMILES string of the molecule is CCCCC(CC)CC(=O)CSc1cccc(C)c1. The summed E-state index contributed by atoms with van der Waals surface area (Å²) in [5.41, 5.74) is 1.26. The van der Waals surface area contributed by atoms with Crippen LogP contribution >= 0.6 is 11.8 Å². The highest BCUT2D eigenvalue weighted by Gasteiger charge is 2.12. The molecule has 1 atom stereocenters. The highest BCUT2D eigenvalue weighted by atomic mass is 32.2. The van der Waals surface area contributed by atoms with Crippen LogP contribution in [0.5, 0.6) is 0 Å². The van der Waals surface area contributed by atoms with Crippen LogP contribution in [-0.4, -0.2) is 11.5 Å². The van der Waals surface area contributed by atoms with Gasteiger partial charge in [0.25, 0.3) is 0 Å². The minimum absolute atomic E-state index is 0.398. The van der Waals surface area contributed by atoms with Crippen LogP contribution in [0, 0.1) is 12.8 Å². The van der Waals surface area contributed by atoms with E-state index in [4.69, 9.17) is 0 Å². The maximum Gasteiger partial charge on any atom is 0.143 e. The molecule has 0 aromatic heterocycles. The van der Waals surface area contributed by atoms with Crippen LogP contribution in [0.25, 0.3) is 0 Å². The van der Waals surface area contributed by atoms with Crippen LogP contribution in [0.15, 0.2) is 29.2 Å². The van der Waals surface area contributed by atoms with Gasteiger partial charge in [-0.05, 0) is 25.0 Å². The molecular formula is C17H26OS. The number of ketones is 1. The summed E-state index contributed by atoms with van der Waals surface area (Å²) in [6, 6.07) is 8.37. The first-order valence-electron chi connectivity index (χ1n) is 7.36. The molecule has 0 heterocycles. The summed E-state index contributed by atoms with van der Waals surface area (Å²) in [5.74, 6) is 1.60. The Bertz CT molecular complexity index is 387. The molecule has 1 unspecified atom stereocenters. The second-order valence-electron chi connectivity index (χ2n) is 5.26. The Labute approximate surface area is 122 Å². The van der Waals surface area contributed by atoms with Crippen molar-refractivity contribution >= 4 is 17.5 Å². The molecule has 2 heteroatoms. The minimum Gasteiger partial charge on any atom is -0.299 e. The van der Waals surface area contributed by atoms with Gasteiger partial charge < -0.3 is 0 Å². The van der Waals surface area contributed by atoms with Gasteiger partial charge in [0, 0.05) is 11.3 Å². The van der Waals surface area contributed by atoms with E-state index >= 15 is 0 Å². The first-order valence-corrected chi connectivity index (χ1v) is 8.35. The second kappa shape index (κ2) is 9.19. The number of rotatable bonds is 9. The van der Waals surface area contributed by atoms with E-state index in [0.29, 0.717) is 17.5 Å². The third kappa shape index (κ3) is 6.81. The van der Waals surface area contributed by atoms with E-state index in [9.17, 15) is 4.79 Å². The van der Waals surface area contributed by atoms with Crippen molar-refractivity contribution < 1.29 is 4.79 Å². The van der Waals surface area contributed by atoms with Gasteiger partial charge in [0.15, 0.2) is 0 Å². The van der Waals surface area contributed by atoms with Gasteiger partial charge in [-0.15, -0.1) is 11.8 Å². The highest BCUT2D eigenvalue weighted by Crippen LogP contribution is 2.22. The third-order valence-electron chi connectivity index (χ3n) is 3.45. The molecule has 1 aromatic carbocycles. The largest absolute Gasteiger partial charge is 0.299 e. The Kier molecular flexibility index (Phi) is 7.88. The first-order chi connectivity index (χ1) is 9.15. The summed E-state index contributed by atoms with van der Waals surface area (Å²) in [5, 5.41) is 0. The molecule has 0 saturated carbocycles. The summed E-state index contributed by atoms with van der Waals surface area (Å²) in [6.07, 6.45) is 5.56. The number of hydrogen-bond acceptors (Lipinski definition) is 2. The van der Waals surface area contributed by atoms with Gasteiger partial charge in [-0.1, -0.05) is 57.2 Å². The van der Waals surface area contributed by atoms with Crippen molar-refractivity contribution in [2.75, 3.05) is 5.75 Å². The van der Waals surface area contributed by atoms with Crippen LogP contribution < -0.4 is 0 Å². The Morgan fingerprint density at radius 2 is 2.11 bits per heavy atom. The van der Waals surface area contributed by atoms with E-state index in [1.807, 2.05) is 0 Å². The smallest absolute Gasteiger partial charge is 0.143 e. The summed E-state index contributed by atoms with van der Waals surface area (Å²) in [7, 11) is 0. The summed E-state index contributed by atoms with van der Waals surface area (Å²) in [6.45, 7) is 6.49. The van der Waals surface area contributed by atoms with Crippen LogP contribution in [0.3, 0.4) is 0 Å². The number of thioether (sulfide) groups is 1. The fourth-order valence-electron chi connectivity index (χ4n) is 2.19. The quantitative estimate of drug-likeness (QED) is 0.573. The zero-order valence-electron chi connectivity index (χ0n) is 12.4. The summed E-state index contributed by atoms with van der Waals surface area (Å²) in [4.78, 5) is 13.2. The molecular weight excluding hydrogens is 252 g/mol. The van der Waals surface area contributed by atoms with E-state index in [2.05, 4.69) is 45.0 Å². The molecule has 0 aliphatic rings. The predicted molar refractivity (Wildman–Crippen MR) is 84.8 cm³/mol. The topological polar surface area (TPSA) is 17.1 Å². The van der Waals surface area contributed by atoms with Crippen molar-refractivity contribution in [3.63, 3.8) is 0 Å². The molecule has 1 rings (SSSR count). The van der Waals surface area contributed by atoms with Gasteiger partial charge >= 0.3 is 0 Å². The van der Waals surface area contributed by atoms with E-state index in [-0.39, 0.29) is 0 Å². The fraction of sp³-hybridized carbons (Fsp3) is 0.588. The molecule has 1 aromatic rings. The molecule has 0 N–H and O–H groups in total. The molecule has 0 radical (unpaired) electrons. The van der Waals surface area contributed by atoms with E-state index in [1.165, 1.54) is 29.7 Å². The highest BCUT2D eigenvalue weighted by molar-refractivity contribution is 8.00. The van der Waals surface area contributed by atoms with E-state index in [0.717, 1.165) is 12.8 Å². The Morgan fingerprint density at radius 3 is 2.74 bits per heavy atom. The van der Waals surface area contributed by atoms with Crippen LogP contribution in [0.1, 0.15) is 51.5 Å². The van der Waals surface area contributed by atoms with Crippen molar-refractivity contribution in [3.05, 3.63) is 29.8 Å². The number of unbranched alkanes of at least 4 members (excludes halogenated alkanes) is 1. The van der Waals surface area contributed by atoms with Crippen molar-refractivity contribution in [1.82, 2.24) is 0 Å². The lowest BCUT2D eigenvalue weighted by Gasteiger charge is -2.13. The standard InChI is InChI=1S/C17H26OS/c1-4-6-9-15(5-2)12-16(18)13-19-17-10-7-8-14(3)11-17/h7-8,10-11,15H,4-6,9,12-13H2,1-3H3. The maximum absolute atomic E-state index is 12.0. The number of Topliss-reactive ketones (excluding diaryl/α,β-unsaturated/α-hetero) is 1. The molecule has 106 valence electrons. The van der Waals surface area contributed by atoms with Crippen molar-refractivity contribution in [2.24, 2.45) is 5.92 Å². The van der Waals surface area contributed by atoms with E-state index < -0.39 is 0 Å². The average molecular weight is 278 g/mol. The number of hydrogen-bond donors (Lipinski definition) is 0. The predicted octanol–water partition coefficient (Wildman–Crippen LogP) is 5.26. The van der Waals surface area contributed by atoms with Crippen LogP contribution in [0.4, 0.5) is 0 Å². The summed E-state index contributed by atoms with van der Waals surface area (Å²) < 4.78 is 0. The number of carbonyl (C=O) groups is 1. The van der Waals surface area contributed by atoms with Gasteiger partial charge in [-0.25, -0.2) is 0 Å². The van der Waals surface area contributed by atoms with Crippen molar-refractivity contribution in [2.45, 2.75) is 57.8 Å². The monoisotopic (exact) mass is 278 g/mol. The van der Waals surface area contributed by atoms with Gasteiger partial charge in [-0.2, -0.15) is 0 Å². The lowest BCUT2D eigenvalue weighted by atomic mass is 9.94. The summed E-state index contributed by atoms with van der Waals surface area (Å²) >= 11 is 1.67. The molecule has 0 spiro atoms. The zero-order valence-corrected chi connectivity index (χ0v) is 13.3. The second-order valence-corrected chi connectivity index (χ2v) is 6.31. The van der Waals surface area contributed by atoms with Gasteiger partial charge in [0.1, 0.15) is 5.78 Å². The number of aryl methyl sites for hydroxylation is 1. The molecule has 0 amide bonds. The van der Waals surface area contributed by atoms with Crippen molar-refractivity contribution in [1.29, 1.82) is 0 Å². The number of benzene rings is 1. The molecule has 0 aliphatic carbocycles. The van der Waals surface area contributed by atoms with Gasteiger partial charge in [0.05, 0.1) is 5.75 Å². The molecule has 0 aliphatic heterocycles. The Balaban J connectivity index is 2.34. The lowest BCUT2D eigenvalue weighted by molar-refractivity contribution is -0.117. The van der Waals surface area contributed by atoms with Gasteiger partial charge in [0.2, 0.25) is 0 Å². The minimum atomic E-state index is 0.398. The first kappa shape index (κ1) is 16.3. The third-order valence-corrected chi connectivity index (χ3v) is 4.50. The molecule has 0 saturated heterocycles. The molecule has 0 fully saturated rings. The average Bonchev–Trinajstić information content (AvgIpc) is 2.41. The lowest BCUT2D eigenvalue weighted by Crippen LogP contribution is -2.10. The molecule has 0 bridgehead atoms. The van der Waals surface area contributed by atoms with Crippen LogP contribution in [0.2, 0.25) is 0 Å². The number of carbonyl (C=O) groups excluding carboxylic acids is 1. The maximum atomic E-state index is 12.0. The van der Waals surface area contributed by atoms with Crippen molar-refractivity contribution in [3.8, 4) is 0 Å². The van der Waals surface area contributed by atoms with E-state index in [1.54, 1.807) is 11.8 Å². The molecule has 1 nitrogen and oxygen atoms in total. The fourth-order valence-corrected chi connectivity index (χ4v) is 3.08. The Morgan fingerprint density at radius 1 is 1.32 bits per heavy atom. The zero-order chi connectivity index (χ0) is 14.1. The Hall–Kier alpha value is -0.760.